The van der Waals surface area contributed by atoms with Gasteiger partial charge >= 0.3 is 0 Å². The second-order valence-electron chi connectivity index (χ2n) is 11.9. The van der Waals surface area contributed by atoms with Gasteiger partial charge < -0.3 is 24.5 Å². The van der Waals surface area contributed by atoms with Gasteiger partial charge in [-0.3, -0.25) is 14.4 Å². The SMILES string of the molecule is Cc1cccc(C)c1N1CC=C[C@]23O[C@H]4C=CCN(Cc5ccccc5)C(=O)[C@H]4[C@H]2C(=O)N(CCCCCO)C3C1=O. The topological polar surface area (TPSA) is 90.4 Å². The number of para-hydroxylation sites is 1. The molecule has 1 spiro atoms. The maximum atomic E-state index is 14.6. The number of likely N-dealkylation sites (tertiary alicyclic amines) is 1. The van der Waals surface area contributed by atoms with Gasteiger partial charge in [0, 0.05) is 38.5 Å². The number of carbonyl (C=O) groups is 3. The number of amides is 3. The van der Waals surface area contributed by atoms with Crippen LogP contribution in [0.15, 0.2) is 72.8 Å². The average molecular weight is 570 g/mol. The van der Waals surface area contributed by atoms with Crippen molar-refractivity contribution in [2.45, 2.75) is 57.4 Å². The van der Waals surface area contributed by atoms with E-state index in [1.54, 1.807) is 14.7 Å². The van der Waals surface area contributed by atoms with Gasteiger partial charge in [0.1, 0.15) is 11.6 Å². The predicted molar refractivity (Wildman–Crippen MR) is 159 cm³/mol. The quantitative estimate of drug-likeness (QED) is 0.388. The van der Waals surface area contributed by atoms with Gasteiger partial charge in [0.25, 0.3) is 5.91 Å². The third-order valence-electron chi connectivity index (χ3n) is 9.22. The first-order chi connectivity index (χ1) is 20.4. The number of ether oxygens (including phenoxy) is 1. The summed E-state index contributed by atoms with van der Waals surface area (Å²) in [5.74, 6) is -2.06. The molecule has 42 heavy (non-hydrogen) atoms. The van der Waals surface area contributed by atoms with E-state index < -0.39 is 29.6 Å². The number of anilines is 1. The fraction of sp³-hybridized carbons (Fsp3) is 0.441. The van der Waals surface area contributed by atoms with Crippen molar-refractivity contribution in [3.05, 3.63) is 89.5 Å². The normalized spacial score (nSPS) is 28.5. The molecule has 0 aliphatic carbocycles. The van der Waals surface area contributed by atoms with Crippen LogP contribution < -0.4 is 4.90 Å². The van der Waals surface area contributed by atoms with Crippen molar-refractivity contribution < 1.29 is 24.2 Å². The highest BCUT2D eigenvalue weighted by Gasteiger charge is 2.71. The highest BCUT2D eigenvalue weighted by Crippen LogP contribution is 2.54. The summed E-state index contributed by atoms with van der Waals surface area (Å²) in [5, 5.41) is 9.32. The van der Waals surface area contributed by atoms with E-state index in [4.69, 9.17) is 4.74 Å². The summed E-state index contributed by atoms with van der Waals surface area (Å²) >= 11 is 0. The van der Waals surface area contributed by atoms with Crippen LogP contribution in [0, 0.1) is 25.7 Å². The lowest BCUT2D eigenvalue weighted by molar-refractivity contribution is -0.144. The summed E-state index contributed by atoms with van der Waals surface area (Å²) < 4.78 is 6.78. The molecule has 2 fully saturated rings. The standard InChI is InChI=1S/C34H39N3O5/c1-23-12-9-13-24(2)29(23)36-20-11-17-34-28(32(40)37(30(34)33(36)41)19-7-4-8-21-38)27-26(42-34)16-10-18-35(31(27)39)22-25-14-5-3-6-15-25/h3,5-6,9-17,26-28,30,38H,4,7-8,18-22H2,1-2H3/t26-,27+,28-,30?,34-/m0/s1. The number of hydrogen-bond donors (Lipinski definition) is 1. The van der Waals surface area contributed by atoms with Crippen molar-refractivity contribution in [3.8, 4) is 0 Å². The summed E-state index contributed by atoms with van der Waals surface area (Å²) in [4.78, 5) is 48.5. The van der Waals surface area contributed by atoms with Crippen LogP contribution in [0.2, 0.25) is 0 Å². The number of benzene rings is 2. The minimum Gasteiger partial charge on any atom is -0.396 e. The molecule has 8 nitrogen and oxygen atoms in total. The molecule has 8 heteroatoms. The molecular weight excluding hydrogens is 530 g/mol. The molecular formula is C34H39N3O5. The molecule has 0 bridgehead atoms. The molecule has 4 heterocycles. The van der Waals surface area contributed by atoms with E-state index in [9.17, 15) is 19.5 Å². The first kappa shape index (κ1) is 28.4. The van der Waals surface area contributed by atoms with Gasteiger partial charge in [-0.2, -0.15) is 0 Å². The second kappa shape index (κ2) is 11.5. The molecule has 0 radical (unpaired) electrons. The number of rotatable bonds is 8. The second-order valence-corrected chi connectivity index (χ2v) is 11.9. The van der Waals surface area contributed by atoms with Crippen LogP contribution >= 0.6 is 0 Å². The molecule has 4 aliphatic heterocycles. The van der Waals surface area contributed by atoms with Crippen molar-refractivity contribution >= 4 is 23.4 Å². The average Bonchev–Trinajstić information content (AvgIpc) is 3.29. The molecule has 2 aromatic carbocycles. The monoisotopic (exact) mass is 569 g/mol. The number of unbranched alkanes of at least 4 members (excludes halogenated alkanes) is 2. The molecule has 0 aromatic heterocycles. The summed E-state index contributed by atoms with van der Waals surface area (Å²) in [6.07, 6.45) is 9.09. The van der Waals surface area contributed by atoms with Crippen LogP contribution in [0.25, 0.3) is 0 Å². The summed E-state index contributed by atoms with van der Waals surface area (Å²) in [6.45, 7) is 5.64. The van der Waals surface area contributed by atoms with E-state index in [1.165, 1.54) is 0 Å². The van der Waals surface area contributed by atoms with Gasteiger partial charge in [0.05, 0.1) is 17.9 Å². The third kappa shape index (κ3) is 4.67. The Morgan fingerprint density at radius 2 is 1.64 bits per heavy atom. The number of aliphatic hydroxyl groups is 1. The largest absolute Gasteiger partial charge is 0.396 e. The summed E-state index contributed by atoms with van der Waals surface area (Å²) in [5.41, 5.74) is 2.57. The van der Waals surface area contributed by atoms with Gasteiger partial charge in [0.2, 0.25) is 11.8 Å². The van der Waals surface area contributed by atoms with Gasteiger partial charge in [-0.05, 0) is 49.8 Å². The van der Waals surface area contributed by atoms with Crippen molar-refractivity contribution in [1.29, 1.82) is 0 Å². The molecule has 220 valence electrons. The predicted octanol–water partition coefficient (Wildman–Crippen LogP) is 3.55. The molecule has 4 aliphatic rings. The van der Waals surface area contributed by atoms with Gasteiger partial charge in [-0.1, -0.05) is 72.8 Å². The Kier molecular flexibility index (Phi) is 7.77. The van der Waals surface area contributed by atoms with E-state index in [0.29, 0.717) is 39.0 Å². The Bertz CT molecular complexity index is 1400. The van der Waals surface area contributed by atoms with Crippen LogP contribution in [-0.2, 0) is 25.7 Å². The molecule has 5 atom stereocenters. The van der Waals surface area contributed by atoms with E-state index in [2.05, 4.69) is 0 Å². The van der Waals surface area contributed by atoms with Gasteiger partial charge in [-0.25, -0.2) is 0 Å². The minimum absolute atomic E-state index is 0.0803. The lowest BCUT2D eigenvalue weighted by Crippen LogP contribution is -2.55. The first-order valence-corrected chi connectivity index (χ1v) is 15.0. The minimum atomic E-state index is -1.25. The Morgan fingerprint density at radius 3 is 2.38 bits per heavy atom. The summed E-state index contributed by atoms with van der Waals surface area (Å²) in [6, 6.07) is 14.9. The number of carbonyl (C=O) groups excluding carboxylic acids is 3. The van der Waals surface area contributed by atoms with Gasteiger partial charge in [0.15, 0.2) is 0 Å². The molecule has 3 amide bonds. The van der Waals surface area contributed by atoms with Crippen molar-refractivity contribution in [3.63, 3.8) is 0 Å². The third-order valence-corrected chi connectivity index (χ3v) is 9.22. The molecule has 1 N–H and O–H groups in total. The van der Waals surface area contributed by atoms with Crippen LogP contribution in [0.1, 0.15) is 36.0 Å². The van der Waals surface area contributed by atoms with Crippen LogP contribution in [0.5, 0.6) is 0 Å². The molecule has 6 rings (SSSR count). The lowest BCUT2D eigenvalue weighted by Gasteiger charge is -2.36. The molecule has 0 saturated carbocycles. The highest BCUT2D eigenvalue weighted by atomic mass is 16.5. The van der Waals surface area contributed by atoms with Gasteiger partial charge in [-0.15, -0.1) is 0 Å². The van der Waals surface area contributed by atoms with E-state index in [1.807, 2.05) is 86.7 Å². The van der Waals surface area contributed by atoms with Crippen molar-refractivity contribution in [2.24, 2.45) is 11.8 Å². The van der Waals surface area contributed by atoms with Crippen molar-refractivity contribution in [1.82, 2.24) is 9.80 Å². The Morgan fingerprint density at radius 1 is 0.881 bits per heavy atom. The van der Waals surface area contributed by atoms with Crippen LogP contribution in [-0.4, -0.2) is 76.6 Å². The fourth-order valence-electron chi connectivity index (χ4n) is 7.38. The Hall–Kier alpha value is -3.75. The molecule has 2 saturated heterocycles. The number of aryl methyl sites for hydroxylation is 2. The Balaban J connectivity index is 1.39. The molecule has 2 aromatic rings. The van der Waals surface area contributed by atoms with Crippen LogP contribution in [0.3, 0.4) is 0 Å². The fourth-order valence-corrected chi connectivity index (χ4v) is 7.38. The zero-order valence-electron chi connectivity index (χ0n) is 24.3. The van der Waals surface area contributed by atoms with E-state index >= 15 is 0 Å². The number of hydrogen-bond acceptors (Lipinski definition) is 5. The van der Waals surface area contributed by atoms with E-state index in [0.717, 1.165) is 28.8 Å². The first-order valence-electron chi connectivity index (χ1n) is 15.0. The maximum Gasteiger partial charge on any atom is 0.253 e. The van der Waals surface area contributed by atoms with Crippen molar-refractivity contribution in [2.75, 3.05) is 31.1 Å². The highest BCUT2D eigenvalue weighted by molar-refractivity contribution is 6.06. The maximum absolute atomic E-state index is 14.6. The summed E-state index contributed by atoms with van der Waals surface area (Å²) in [7, 11) is 0. The lowest BCUT2D eigenvalue weighted by atomic mass is 9.77. The zero-order chi connectivity index (χ0) is 29.4. The number of fused-ring (bicyclic) bond motifs is 2. The smallest absolute Gasteiger partial charge is 0.253 e. The zero-order valence-corrected chi connectivity index (χ0v) is 24.3. The van der Waals surface area contributed by atoms with E-state index in [-0.39, 0.29) is 24.3 Å². The Labute approximate surface area is 247 Å². The number of nitrogens with zero attached hydrogens (tertiary/aromatic N) is 3. The molecule has 1 unspecified atom stereocenters. The number of aliphatic hydroxyl groups excluding tert-OH is 1. The van der Waals surface area contributed by atoms with Crippen LogP contribution in [0.4, 0.5) is 5.69 Å².